The topological polar surface area (TPSA) is 129 Å². The molecule has 3 fully saturated rings. The molecule has 0 aromatic heterocycles. The molecule has 0 radical (unpaired) electrons. The van der Waals surface area contributed by atoms with Crippen LogP contribution >= 0.6 is 0 Å². The lowest BCUT2D eigenvalue weighted by Gasteiger charge is -2.36. The Morgan fingerprint density at radius 2 is 1.69 bits per heavy atom. The van der Waals surface area contributed by atoms with Crippen molar-refractivity contribution in [2.75, 3.05) is 50.8 Å². The van der Waals surface area contributed by atoms with Crippen LogP contribution < -0.4 is 15.0 Å². The largest absolute Gasteiger partial charge is 0.484 e. The minimum absolute atomic E-state index is 0.0772. The van der Waals surface area contributed by atoms with Gasteiger partial charge in [-0.15, -0.1) is 0 Å². The number of benzene rings is 1. The van der Waals surface area contributed by atoms with Gasteiger partial charge in [0.05, 0.1) is 24.4 Å². The number of carbonyl (C=O) groups is 4. The number of aryl methyl sites for hydroxylation is 1. The minimum atomic E-state index is -0.801. The predicted octanol–water partition coefficient (Wildman–Crippen LogP) is 1.38. The van der Waals surface area contributed by atoms with Crippen molar-refractivity contribution in [3.63, 3.8) is 0 Å². The van der Waals surface area contributed by atoms with E-state index in [-0.39, 0.29) is 43.6 Å². The van der Waals surface area contributed by atoms with E-state index in [0.29, 0.717) is 31.1 Å². The van der Waals surface area contributed by atoms with Gasteiger partial charge in [-0.2, -0.15) is 0 Å². The number of nitrogens with zero attached hydrogens (tertiary/aromatic N) is 3. The van der Waals surface area contributed by atoms with Gasteiger partial charge in [0.15, 0.2) is 6.61 Å². The summed E-state index contributed by atoms with van der Waals surface area (Å²) in [6.07, 6.45) is 3.66. The van der Waals surface area contributed by atoms with Gasteiger partial charge in [0.2, 0.25) is 5.91 Å². The molecule has 0 spiro atoms. The molecule has 3 heterocycles. The first-order chi connectivity index (χ1) is 17.3. The highest BCUT2D eigenvalue weighted by molar-refractivity contribution is 6.06. The standard InChI is InChI=1S/C25H34N4O7/c1-17-2-3-20(14-21(17)29-13-8-22(30)26-25(29)34)35-16-23(31)28-11-6-19(7-12-28)36-18-4-9-27(10-5-18)15-24(32)33/h2-3,14,18-19H,4-13,15-16H2,1H3,(H,32,33)(H,26,30,34). The monoisotopic (exact) mass is 502 g/mol. The van der Waals surface area contributed by atoms with E-state index in [1.165, 1.54) is 4.90 Å². The number of aliphatic carboxylic acids is 1. The molecule has 0 bridgehead atoms. The Kier molecular flexibility index (Phi) is 8.42. The van der Waals surface area contributed by atoms with Gasteiger partial charge >= 0.3 is 12.0 Å². The van der Waals surface area contributed by atoms with Gasteiger partial charge in [0.1, 0.15) is 5.75 Å². The van der Waals surface area contributed by atoms with Crippen LogP contribution in [0.15, 0.2) is 18.2 Å². The third kappa shape index (κ3) is 6.73. The second-order valence-corrected chi connectivity index (χ2v) is 9.58. The summed E-state index contributed by atoms with van der Waals surface area (Å²) in [6.45, 7) is 4.82. The zero-order chi connectivity index (χ0) is 25.7. The second-order valence-electron chi connectivity index (χ2n) is 9.58. The average Bonchev–Trinajstić information content (AvgIpc) is 2.85. The number of amides is 4. The van der Waals surface area contributed by atoms with Crippen LogP contribution in [0, 0.1) is 6.92 Å². The summed E-state index contributed by atoms with van der Waals surface area (Å²) in [7, 11) is 0. The van der Waals surface area contributed by atoms with Crippen LogP contribution in [0.2, 0.25) is 0 Å². The Bertz CT molecular complexity index is 985. The number of anilines is 1. The lowest BCUT2D eigenvalue weighted by Crippen LogP contribution is -2.49. The van der Waals surface area contributed by atoms with E-state index in [2.05, 4.69) is 5.32 Å². The molecule has 11 nitrogen and oxygen atoms in total. The summed E-state index contributed by atoms with van der Waals surface area (Å²) in [5, 5.41) is 11.2. The van der Waals surface area contributed by atoms with Gasteiger partial charge in [-0.1, -0.05) is 6.07 Å². The lowest BCUT2D eigenvalue weighted by molar-refractivity contribution is -0.141. The molecule has 0 unspecified atom stereocenters. The maximum Gasteiger partial charge on any atom is 0.328 e. The lowest BCUT2D eigenvalue weighted by atomic mass is 10.0. The molecule has 1 aromatic rings. The van der Waals surface area contributed by atoms with Gasteiger partial charge in [-0.25, -0.2) is 4.79 Å². The first kappa shape index (κ1) is 25.9. The smallest absolute Gasteiger partial charge is 0.328 e. The summed E-state index contributed by atoms with van der Waals surface area (Å²) in [4.78, 5) is 52.5. The zero-order valence-electron chi connectivity index (χ0n) is 20.6. The molecule has 0 saturated carbocycles. The van der Waals surface area contributed by atoms with E-state index in [1.54, 1.807) is 17.0 Å². The Labute approximate surface area is 210 Å². The van der Waals surface area contributed by atoms with Crippen molar-refractivity contribution in [2.45, 2.75) is 51.2 Å². The molecule has 0 aliphatic carbocycles. The summed E-state index contributed by atoms with van der Waals surface area (Å²) in [5.74, 6) is -0.701. The quantitative estimate of drug-likeness (QED) is 0.546. The van der Waals surface area contributed by atoms with E-state index in [0.717, 1.165) is 44.3 Å². The fourth-order valence-corrected chi connectivity index (χ4v) is 4.91. The number of carboxylic acids is 1. The van der Waals surface area contributed by atoms with Crippen molar-refractivity contribution in [2.24, 2.45) is 0 Å². The Balaban J connectivity index is 1.20. The molecule has 1 aromatic carbocycles. The van der Waals surface area contributed by atoms with Gasteiger partial charge in [-0.05, 0) is 44.2 Å². The van der Waals surface area contributed by atoms with Gasteiger partial charge in [-0.3, -0.25) is 29.5 Å². The number of hydrogen-bond donors (Lipinski definition) is 2. The summed E-state index contributed by atoms with van der Waals surface area (Å²) in [5.41, 5.74) is 1.52. The molecule has 196 valence electrons. The number of ether oxygens (including phenoxy) is 2. The first-order valence-corrected chi connectivity index (χ1v) is 12.5. The Morgan fingerprint density at radius 1 is 1.03 bits per heavy atom. The van der Waals surface area contributed by atoms with Crippen molar-refractivity contribution in [1.82, 2.24) is 15.1 Å². The van der Waals surface area contributed by atoms with Crippen LogP contribution in [0.1, 0.15) is 37.7 Å². The van der Waals surface area contributed by atoms with Crippen LogP contribution in [0.3, 0.4) is 0 Å². The van der Waals surface area contributed by atoms with Crippen LogP contribution in [0.5, 0.6) is 5.75 Å². The van der Waals surface area contributed by atoms with Crippen molar-refractivity contribution in [1.29, 1.82) is 0 Å². The number of piperidine rings is 2. The Hall–Kier alpha value is -3.18. The van der Waals surface area contributed by atoms with Crippen LogP contribution in [0.4, 0.5) is 10.5 Å². The summed E-state index contributed by atoms with van der Waals surface area (Å²) < 4.78 is 12.0. The van der Waals surface area contributed by atoms with Gasteiger partial charge in [0, 0.05) is 45.2 Å². The highest BCUT2D eigenvalue weighted by Crippen LogP contribution is 2.27. The number of nitrogens with one attached hydrogen (secondary N) is 1. The number of imide groups is 1. The SMILES string of the molecule is Cc1ccc(OCC(=O)N2CCC(OC3CCN(CC(=O)O)CC3)CC2)cc1N1CCC(=O)NC1=O. The average molecular weight is 503 g/mol. The maximum atomic E-state index is 12.7. The highest BCUT2D eigenvalue weighted by Gasteiger charge is 2.29. The van der Waals surface area contributed by atoms with Crippen LogP contribution in [-0.2, 0) is 19.1 Å². The molecule has 3 saturated heterocycles. The maximum absolute atomic E-state index is 12.7. The van der Waals surface area contributed by atoms with Crippen LogP contribution in [-0.4, -0.2) is 96.8 Å². The summed E-state index contributed by atoms with van der Waals surface area (Å²) >= 11 is 0. The molecule has 11 heteroatoms. The number of carboxylic acid groups (broad SMARTS) is 1. The normalized spacial score (nSPS) is 20.4. The van der Waals surface area contributed by atoms with Crippen molar-refractivity contribution in [3.8, 4) is 5.75 Å². The molecule has 36 heavy (non-hydrogen) atoms. The van der Waals surface area contributed by atoms with Crippen LogP contribution in [0.25, 0.3) is 0 Å². The van der Waals surface area contributed by atoms with Crippen molar-refractivity contribution >= 4 is 29.5 Å². The molecule has 0 atom stereocenters. The zero-order valence-corrected chi connectivity index (χ0v) is 20.6. The number of hydrogen-bond acceptors (Lipinski definition) is 7. The molecule has 3 aliphatic rings. The van der Waals surface area contributed by atoms with E-state index >= 15 is 0 Å². The summed E-state index contributed by atoms with van der Waals surface area (Å²) in [6, 6.07) is 4.85. The Morgan fingerprint density at radius 3 is 2.33 bits per heavy atom. The number of likely N-dealkylation sites (tertiary alicyclic amines) is 2. The van der Waals surface area contributed by atoms with Gasteiger partial charge in [0.25, 0.3) is 5.91 Å². The number of carbonyl (C=O) groups excluding carboxylic acids is 3. The fraction of sp³-hybridized carbons (Fsp3) is 0.600. The number of urea groups is 1. The van der Waals surface area contributed by atoms with Crippen molar-refractivity contribution < 1.29 is 33.8 Å². The fourth-order valence-electron chi connectivity index (χ4n) is 4.91. The van der Waals surface area contributed by atoms with E-state index in [4.69, 9.17) is 14.6 Å². The molecule has 2 N–H and O–H groups in total. The highest BCUT2D eigenvalue weighted by atomic mass is 16.5. The van der Waals surface area contributed by atoms with Gasteiger partial charge < -0.3 is 19.5 Å². The third-order valence-electron chi connectivity index (χ3n) is 6.96. The second kappa shape index (κ2) is 11.7. The molecule has 4 rings (SSSR count). The molecule has 4 amide bonds. The van der Waals surface area contributed by atoms with E-state index in [1.807, 2.05) is 17.9 Å². The van der Waals surface area contributed by atoms with E-state index < -0.39 is 12.0 Å². The van der Waals surface area contributed by atoms with Crippen molar-refractivity contribution in [3.05, 3.63) is 23.8 Å². The minimum Gasteiger partial charge on any atom is -0.484 e. The predicted molar refractivity (Wildman–Crippen MR) is 130 cm³/mol. The van der Waals surface area contributed by atoms with E-state index in [9.17, 15) is 19.2 Å². The first-order valence-electron chi connectivity index (χ1n) is 12.5. The molecular weight excluding hydrogens is 468 g/mol. The number of rotatable bonds is 8. The molecule has 3 aliphatic heterocycles. The molecular formula is C25H34N4O7. The third-order valence-corrected chi connectivity index (χ3v) is 6.96.